The van der Waals surface area contributed by atoms with Gasteiger partial charge >= 0.3 is 0 Å². The van der Waals surface area contributed by atoms with Crippen LogP contribution in [-0.2, 0) is 4.74 Å². The Balaban J connectivity index is 3.04. The van der Waals surface area contributed by atoms with E-state index in [0.29, 0.717) is 22.0 Å². The lowest BCUT2D eigenvalue weighted by Crippen LogP contribution is -2.34. The minimum absolute atomic E-state index is 0.438. The second kappa shape index (κ2) is 5.37. The van der Waals surface area contributed by atoms with Crippen molar-refractivity contribution in [3.63, 3.8) is 0 Å². The molecule has 0 aliphatic heterocycles. The predicted molar refractivity (Wildman–Crippen MR) is 67.1 cm³/mol. The molecule has 0 spiro atoms. The van der Waals surface area contributed by atoms with Crippen LogP contribution in [0.25, 0.3) is 0 Å². The fourth-order valence-corrected chi connectivity index (χ4v) is 1.79. The maximum absolute atomic E-state index is 10.2. The van der Waals surface area contributed by atoms with Gasteiger partial charge in [0.1, 0.15) is 6.10 Å². The van der Waals surface area contributed by atoms with Gasteiger partial charge in [-0.1, -0.05) is 36.2 Å². The first-order chi connectivity index (χ1) is 7.44. The number of ether oxygens (including phenoxy) is 1. The van der Waals surface area contributed by atoms with Gasteiger partial charge < -0.3 is 9.84 Å². The molecular formula is C12H16Cl2O2. The summed E-state index contributed by atoms with van der Waals surface area (Å²) >= 11 is 11.7. The lowest BCUT2D eigenvalue weighted by Gasteiger charge is -2.32. The van der Waals surface area contributed by atoms with Crippen LogP contribution in [0.4, 0.5) is 0 Å². The molecule has 0 aliphatic carbocycles. The highest BCUT2D eigenvalue weighted by molar-refractivity contribution is 6.42. The summed E-state index contributed by atoms with van der Waals surface area (Å²) in [6.07, 6.45) is -0.0254. The van der Waals surface area contributed by atoms with Crippen LogP contribution in [0.3, 0.4) is 0 Å². The van der Waals surface area contributed by atoms with Crippen LogP contribution >= 0.6 is 23.2 Å². The Morgan fingerprint density at radius 1 is 1.38 bits per heavy atom. The molecule has 0 saturated carbocycles. The second-order valence-electron chi connectivity index (χ2n) is 3.95. The SMILES string of the molecule is CCC(C)(OC)C(O)c1ccc(Cl)c(Cl)c1. The highest BCUT2D eigenvalue weighted by atomic mass is 35.5. The number of methoxy groups -OCH3 is 1. The Bertz CT molecular complexity index is 362. The lowest BCUT2D eigenvalue weighted by atomic mass is 9.90. The molecule has 1 aromatic carbocycles. The van der Waals surface area contributed by atoms with Crippen LogP contribution in [0.5, 0.6) is 0 Å². The maximum Gasteiger partial charge on any atom is 0.108 e. The molecule has 0 fully saturated rings. The molecule has 2 unspecified atom stereocenters. The zero-order chi connectivity index (χ0) is 12.3. The van der Waals surface area contributed by atoms with Crippen molar-refractivity contribution in [2.75, 3.05) is 7.11 Å². The van der Waals surface area contributed by atoms with Crippen molar-refractivity contribution < 1.29 is 9.84 Å². The average Bonchev–Trinajstić information content (AvgIpc) is 2.30. The molecule has 1 N–H and O–H groups in total. The summed E-state index contributed by atoms with van der Waals surface area (Å²) < 4.78 is 5.35. The standard InChI is InChI=1S/C12H16Cl2O2/c1-4-12(2,16-3)11(15)8-5-6-9(13)10(14)7-8/h5-7,11,15H,4H2,1-3H3. The third kappa shape index (κ3) is 2.69. The molecule has 16 heavy (non-hydrogen) atoms. The zero-order valence-electron chi connectivity index (χ0n) is 9.63. The molecule has 0 radical (unpaired) electrons. The normalized spacial score (nSPS) is 16.9. The molecule has 0 heterocycles. The van der Waals surface area contributed by atoms with Gasteiger partial charge in [-0.25, -0.2) is 0 Å². The van der Waals surface area contributed by atoms with E-state index >= 15 is 0 Å². The van der Waals surface area contributed by atoms with Crippen LogP contribution in [0.1, 0.15) is 31.9 Å². The molecule has 90 valence electrons. The van der Waals surface area contributed by atoms with Crippen molar-refractivity contribution >= 4 is 23.2 Å². The van der Waals surface area contributed by atoms with Crippen LogP contribution in [0.15, 0.2) is 18.2 Å². The number of aliphatic hydroxyl groups excluding tert-OH is 1. The number of aliphatic hydroxyl groups is 1. The third-order valence-electron chi connectivity index (χ3n) is 3.01. The molecule has 4 heteroatoms. The van der Waals surface area contributed by atoms with Gasteiger partial charge in [-0.2, -0.15) is 0 Å². The summed E-state index contributed by atoms with van der Waals surface area (Å²) in [6, 6.07) is 5.10. The molecule has 1 aromatic rings. The van der Waals surface area contributed by atoms with E-state index in [9.17, 15) is 5.11 Å². The molecule has 0 aliphatic rings. The van der Waals surface area contributed by atoms with Crippen molar-refractivity contribution in [1.82, 2.24) is 0 Å². The number of rotatable bonds is 4. The van der Waals surface area contributed by atoms with Crippen LogP contribution in [0.2, 0.25) is 10.0 Å². The quantitative estimate of drug-likeness (QED) is 0.894. The van der Waals surface area contributed by atoms with Crippen molar-refractivity contribution in [1.29, 1.82) is 0 Å². The van der Waals surface area contributed by atoms with Crippen LogP contribution in [-0.4, -0.2) is 17.8 Å². The van der Waals surface area contributed by atoms with E-state index in [1.807, 2.05) is 13.8 Å². The first kappa shape index (κ1) is 13.8. The van der Waals surface area contributed by atoms with Crippen molar-refractivity contribution in [2.45, 2.75) is 32.0 Å². The molecule has 2 atom stereocenters. The van der Waals surface area contributed by atoms with Gasteiger partial charge in [0.2, 0.25) is 0 Å². The summed E-state index contributed by atoms with van der Waals surface area (Å²) in [5.41, 5.74) is 0.0950. The van der Waals surface area contributed by atoms with Gasteiger partial charge in [-0.05, 0) is 31.0 Å². The Kier molecular flexibility index (Phi) is 4.62. The van der Waals surface area contributed by atoms with E-state index in [1.165, 1.54) is 0 Å². The summed E-state index contributed by atoms with van der Waals surface area (Å²) in [4.78, 5) is 0. The Hall–Kier alpha value is -0.280. The predicted octanol–water partition coefficient (Wildman–Crippen LogP) is 3.84. The lowest BCUT2D eigenvalue weighted by molar-refractivity contribution is -0.0944. The van der Waals surface area contributed by atoms with Gasteiger partial charge in [0.25, 0.3) is 0 Å². The highest BCUT2D eigenvalue weighted by Gasteiger charge is 2.32. The number of hydrogen-bond acceptors (Lipinski definition) is 2. The first-order valence-electron chi connectivity index (χ1n) is 5.12. The van der Waals surface area contributed by atoms with Gasteiger partial charge in [0.05, 0.1) is 15.6 Å². The number of halogens is 2. The van der Waals surface area contributed by atoms with E-state index in [1.54, 1.807) is 25.3 Å². The van der Waals surface area contributed by atoms with Gasteiger partial charge in [-0.15, -0.1) is 0 Å². The van der Waals surface area contributed by atoms with E-state index in [4.69, 9.17) is 27.9 Å². The van der Waals surface area contributed by atoms with Crippen LogP contribution in [0, 0.1) is 0 Å². The fourth-order valence-electron chi connectivity index (χ4n) is 1.48. The minimum atomic E-state index is -0.725. The topological polar surface area (TPSA) is 29.5 Å². The Morgan fingerprint density at radius 2 is 2.00 bits per heavy atom. The average molecular weight is 263 g/mol. The molecule has 1 rings (SSSR count). The molecule has 0 bridgehead atoms. The van der Waals surface area contributed by atoms with E-state index in [2.05, 4.69) is 0 Å². The monoisotopic (exact) mass is 262 g/mol. The Labute approximate surface area is 106 Å². The summed E-state index contributed by atoms with van der Waals surface area (Å²) in [5.74, 6) is 0. The molecule has 0 aromatic heterocycles. The van der Waals surface area contributed by atoms with Gasteiger partial charge in [0.15, 0.2) is 0 Å². The van der Waals surface area contributed by atoms with E-state index < -0.39 is 11.7 Å². The van der Waals surface area contributed by atoms with Gasteiger partial charge in [-0.3, -0.25) is 0 Å². The van der Waals surface area contributed by atoms with Crippen LogP contribution < -0.4 is 0 Å². The number of hydrogen-bond donors (Lipinski definition) is 1. The van der Waals surface area contributed by atoms with Crippen molar-refractivity contribution in [3.05, 3.63) is 33.8 Å². The summed E-state index contributed by atoms with van der Waals surface area (Å²) in [5, 5.41) is 11.1. The van der Waals surface area contributed by atoms with Crippen molar-refractivity contribution in [2.24, 2.45) is 0 Å². The zero-order valence-corrected chi connectivity index (χ0v) is 11.1. The smallest absolute Gasteiger partial charge is 0.108 e. The number of benzene rings is 1. The van der Waals surface area contributed by atoms with Crippen molar-refractivity contribution in [3.8, 4) is 0 Å². The molecule has 0 amide bonds. The van der Waals surface area contributed by atoms with Gasteiger partial charge in [0, 0.05) is 7.11 Å². The largest absolute Gasteiger partial charge is 0.385 e. The first-order valence-corrected chi connectivity index (χ1v) is 5.88. The molecular weight excluding hydrogens is 247 g/mol. The molecule has 0 saturated heterocycles. The highest BCUT2D eigenvalue weighted by Crippen LogP contribution is 2.34. The summed E-state index contributed by atoms with van der Waals surface area (Å²) in [6.45, 7) is 3.82. The maximum atomic E-state index is 10.2. The van der Waals surface area contributed by atoms with E-state index in [0.717, 1.165) is 0 Å². The second-order valence-corrected chi connectivity index (χ2v) is 4.76. The molecule has 2 nitrogen and oxygen atoms in total. The third-order valence-corrected chi connectivity index (χ3v) is 3.75. The summed E-state index contributed by atoms with van der Waals surface area (Å²) in [7, 11) is 1.59. The Morgan fingerprint density at radius 3 is 2.44 bits per heavy atom. The minimum Gasteiger partial charge on any atom is -0.385 e. The fraction of sp³-hybridized carbons (Fsp3) is 0.500. The van der Waals surface area contributed by atoms with E-state index in [-0.39, 0.29) is 0 Å².